The third-order valence-electron chi connectivity index (χ3n) is 5.58. The van der Waals surface area contributed by atoms with E-state index in [4.69, 9.17) is 20.9 Å². The number of ether oxygens (including phenoxy) is 2. The molecule has 5 rings (SSSR count). The van der Waals surface area contributed by atoms with Gasteiger partial charge in [0.1, 0.15) is 25.2 Å². The maximum atomic E-state index is 5.93. The highest BCUT2D eigenvalue weighted by molar-refractivity contribution is 5.95. The standard InChI is InChI=1S/C22H22N6O2/c1-5-14-6-7-17-15(8-14)21-26-25-19(11-29-4)27(21)9-18-20(23-12-28(17)18)22-24-16(10-30-22)13(2)3/h1,6-8,12-13,16H,9-11H2,2-4H3. The van der Waals surface area contributed by atoms with E-state index in [1.165, 1.54) is 0 Å². The second-order valence-corrected chi connectivity index (χ2v) is 7.80. The Morgan fingerprint density at radius 2 is 2.20 bits per heavy atom. The van der Waals surface area contributed by atoms with Crippen LogP contribution in [0.3, 0.4) is 0 Å². The van der Waals surface area contributed by atoms with E-state index in [0.717, 1.165) is 39.9 Å². The molecule has 0 fully saturated rings. The zero-order chi connectivity index (χ0) is 20.8. The van der Waals surface area contributed by atoms with Crippen LogP contribution in [0.2, 0.25) is 0 Å². The summed E-state index contributed by atoms with van der Waals surface area (Å²) in [7, 11) is 1.64. The smallest absolute Gasteiger partial charge is 0.237 e. The lowest BCUT2D eigenvalue weighted by Crippen LogP contribution is -2.13. The first-order chi connectivity index (χ1) is 14.6. The van der Waals surface area contributed by atoms with Gasteiger partial charge in [0.2, 0.25) is 5.90 Å². The summed E-state index contributed by atoms with van der Waals surface area (Å²) in [5.74, 6) is 5.19. The molecule has 0 N–H and O–H groups in total. The number of aliphatic imine (C=N–C) groups is 1. The number of nitrogens with zero attached hydrogens (tertiary/aromatic N) is 6. The Morgan fingerprint density at radius 1 is 1.33 bits per heavy atom. The van der Waals surface area contributed by atoms with Crippen LogP contribution in [-0.2, 0) is 22.6 Å². The fourth-order valence-corrected chi connectivity index (χ4v) is 3.87. The quantitative estimate of drug-likeness (QED) is 0.490. The number of terminal acetylenes is 1. The molecule has 0 spiro atoms. The zero-order valence-electron chi connectivity index (χ0n) is 17.2. The molecule has 8 heteroatoms. The number of rotatable bonds is 4. The molecule has 0 radical (unpaired) electrons. The van der Waals surface area contributed by atoms with Crippen molar-refractivity contribution >= 4 is 5.90 Å². The number of benzene rings is 1. The molecule has 0 bridgehead atoms. The maximum Gasteiger partial charge on any atom is 0.237 e. The molecule has 0 aliphatic carbocycles. The highest BCUT2D eigenvalue weighted by atomic mass is 16.5. The number of aromatic nitrogens is 5. The van der Waals surface area contributed by atoms with Crippen molar-refractivity contribution in [1.29, 1.82) is 0 Å². The number of fused-ring (bicyclic) bond motifs is 5. The van der Waals surface area contributed by atoms with Crippen molar-refractivity contribution in [1.82, 2.24) is 24.3 Å². The van der Waals surface area contributed by atoms with Gasteiger partial charge >= 0.3 is 0 Å². The van der Waals surface area contributed by atoms with Crippen molar-refractivity contribution in [2.75, 3.05) is 13.7 Å². The third-order valence-corrected chi connectivity index (χ3v) is 5.58. The van der Waals surface area contributed by atoms with Gasteiger partial charge in [0.05, 0.1) is 24.0 Å². The van der Waals surface area contributed by atoms with Crippen LogP contribution in [0.15, 0.2) is 29.5 Å². The average Bonchev–Trinajstić information content (AvgIpc) is 3.46. The molecule has 1 aromatic carbocycles. The van der Waals surface area contributed by atoms with Crippen molar-refractivity contribution in [3.8, 4) is 29.4 Å². The van der Waals surface area contributed by atoms with Gasteiger partial charge in [-0.3, -0.25) is 4.57 Å². The maximum absolute atomic E-state index is 5.93. The first-order valence-electron chi connectivity index (χ1n) is 9.90. The van der Waals surface area contributed by atoms with Gasteiger partial charge in [-0.15, -0.1) is 16.6 Å². The fraction of sp³-hybridized carbons (Fsp3) is 0.364. The molecule has 30 heavy (non-hydrogen) atoms. The van der Waals surface area contributed by atoms with Crippen LogP contribution in [0.4, 0.5) is 0 Å². The second-order valence-electron chi connectivity index (χ2n) is 7.80. The third kappa shape index (κ3) is 2.82. The van der Waals surface area contributed by atoms with E-state index >= 15 is 0 Å². The minimum atomic E-state index is 0.142. The highest BCUT2D eigenvalue weighted by Crippen LogP contribution is 2.34. The van der Waals surface area contributed by atoms with Crippen molar-refractivity contribution in [2.45, 2.75) is 33.0 Å². The Morgan fingerprint density at radius 3 is 2.93 bits per heavy atom. The predicted octanol–water partition coefficient (Wildman–Crippen LogP) is 2.42. The molecule has 2 aromatic heterocycles. The number of hydrogen-bond donors (Lipinski definition) is 0. The van der Waals surface area contributed by atoms with E-state index in [-0.39, 0.29) is 6.04 Å². The number of hydrogen-bond acceptors (Lipinski definition) is 6. The highest BCUT2D eigenvalue weighted by Gasteiger charge is 2.31. The molecule has 8 nitrogen and oxygen atoms in total. The lowest BCUT2D eigenvalue weighted by atomic mass is 10.1. The summed E-state index contributed by atoms with van der Waals surface area (Å²) in [5.41, 5.74) is 4.33. The van der Waals surface area contributed by atoms with Crippen LogP contribution in [0, 0.1) is 18.3 Å². The average molecular weight is 402 g/mol. The molecule has 2 aliphatic rings. The van der Waals surface area contributed by atoms with Crippen LogP contribution in [0.5, 0.6) is 0 Å². The summed E-state index contributed by atoms with van der Waals surface area (Å²) in [6, 6.07) is 6.01. The van der Waals surface area contributed by atoms with Crippen LogP contribution >= 0.6 is 0 Å². The Bertz CT molecular complexity index is 1200. The van der Waals surface area contributed by atoms with E-state index in [2.05, 4.69) is 39.5 Å². The Labute approximate surface area is 174 Å². The zero-order valence-corrected chi connectivity index (χ0v) is 17.2. The molecule has 1 unspecified atom stereocenters. The normalized spacial score (nSPS) is 16.9. The molecular weight excluding hydrogens is 380 g/mol. The van der Waals surface area contributed by atoms with Crippen LogP contribution in [-0.4, -0.2) is 50.0 Å². The van der Waals surface area contributed by atoms with Crippen molar-refractivity contribution in [3.63, 3.8) is 0 Å². The van der Waals surface area contributed by atoms with Crippen LogP contribution < -0.4 is 0 Å². The van der Waals surface area contributed by atoms with Gasteiger partial charge < -0.3 is 14.0 Å². The largest absolute Gasteiger partial charge is 0.474 e. The monoisotopic (exact) mass is 402 g/mol. The summed E-state index contributed by atoms with van der Waals surface area (Å²) >= 11 is 0. The van der Waals surface area contributed by atoms with E-state index in [1.54, 1.807) is 7.11 Å². The topological polar surface area (TPSA) is 79.3 Å². The van der Waals surface area contributed by atoms with Crippen molar-refractivity contribution in [2.24, 2.45) is 10.9 Å². The molecule has 3 aromatic rings. The fourth-order valence-electron chi connectivity index (χ4n) is 3.87. The minimum absolute atomic E-state index is 0.142. The van der Waals surface area contributed by atoms with E-state index in [0.29, 0.717) is 31.6 Å². The molecule has 1 atom stereocenters. The van der Waals surface area contributed by atoms with Gasteiger partial charge in [-0.05, 0) is 24.1 Å². The summed E-state index contributed by atoms with van der Waals surface area (Å²) < 4.78 is 15.4. The molecular formula is C22H22N6O2. The lowest BCUT2D eigenvalue weighted by Gasteiger charge is -2.09. The summed E-state index contributed by atoms with van der Waals surface area (Å²) in [6.45, 7) is 5.74. The number of imidazole rings is 1. The van der Waals surface area contributed by atoms with Crippen LogP contribution in [0.1, 0.15) is 36.6 Å². The lowest BCUT2D eigenvalue weighted by molar-refractivity contribution is 0.174. The Kier molecular flexibility index (Phi) is 4.40. The molecule has 152 valence electrons. The van der Waals surface area contributed by atoms with Gasteiger partial charge in [0.15, 0.2) is 11.6 Å². The summed E-state index contributed by atoms with van der Waals surface area (Å²) in [6.07, 6.45) is 7.46. The summed E-state index contributed by atoms with van der Waals surface area (Å²) in [5, 5.41) is 8.79. The SMILES string of the molecule is C#Cc1ccc2c(c1)-c1nnc(COC)n1Cc1c(C3=NC(C(C)C)CO3)ncn1-2. The molecule has 0 saturated heterocycles. The summed E-state index contributed by atoms with van der Waals surface area (Å²) in [4.78, 5) is 9.45. The van der Waals surface area contributed by atoms with Gasteiger partial charge in [-0.1, -0.05) is 19.8 Å². The molecule has 2 aliphatic heterocycles. The minimum Gasteiger partial charge on any atom is -0.474 e. The molecule has 0 saturated carbocycles. The number of methoxy groups -OCH3 is 1. The Balaban J connectivity index is 1.71. The van der Waals surface area contributed by atoms with Gasteiger partial charge in [-0.2, -0.15) is 0 Å². The van der Waals surface area contributed by atoms with Crippen molar-refractivity contribution in [3.05, 3.63) is 47.3 Å². The van der Waals surface area contributed by atoms with Gasteiger partial charge in [0, 0.05) is 18.2 Å². The predicted molar refractivity (Wildman–Crippen MR) is 111 cm³/mol. The first-order valence-corrected chi connectivity index (χ1v) is 9.90. The van der Waals surface area contributed by atoms with E-state index in [1.807, 2.05) is 29.1 Å². The molecule has 0 amide bonds. The first kappa shape index (κ1) is 18.6. The van der Waals surface area contributed by atoms with Crippen LogP contribution in [0.25, 0.3) is 17.1 Å². The molecule has 4 heterocycles. The Hall–Kier alpha value is -3.44. The van der Waals surface area contributed by atoms with Gasteiger partial charge in [-0.25, -0.2) is 9.98 Å². The van der Waals surface area contributed by atoms with E-state index < -0.39 is 0 Å². The van der Waals surface area contributed by atoms with E-state index in [9.17, 15) is 0 Å². The van der Waals surface area contributed by atoms with Gasteiger partial charge in [0.25, 0.3) is 0 Å². The van der Waals surface area contributed by atoms with Crippen molar-refractivity contribution < 1.29 is 9.47 Å². The second kappa shape index (κ2) is 7.11.